The van der Waals surface area contributed by atoms with Crippen molar-refractivity contribution in [3.05, 3.63) is 193 Å². The van der Waals surface area contributed by atoms with Crippen molar-refractivity contribution in [3.63, 3.8) is 0 Å². The molecule has 0 atom stereocenters. The van der Waals surface area contributed by atoms with Crippen LogP contribution < -0.4 is 25.9 Å². The molecule has 0 unspecified atom stereocenters. The molecule has 79 heavy (non-hydrogen) atoms. The minimum atomic E-state index is -1.35. The average Bonchev–Trinajstić information content (AvgIpc) is 4.24. The van der Waals surface area contributed by atoms with Crippen LogP contribution in [-0.2, 0) is 35.2 Å². The molecule has 7 aromatic rings. The molecule has 0 saturated heterocycles. The summed E-state index contributed by atoms with van der Waals surface area (Å²) in [4.78, 5) is 27.8. The molecule has 4 aliphatic rings. The summed E-state index contributed by atoms with van der Waals surface area (Å²) in [6.07, 6.45) is 3.53. The molecule has 15 heteroatoms. The standard InChI is InChI=1S/C20H23NO2.C15H15N.C13H16BrNO2.C8H8BrN.C7H9BO2.CH2Cl2/c1-14-7-5-6-8-17(14)15-9-10-18-16(13-15)11-12-21(18)19(22)23-20(2,3)4;1-11-4-2-3-5-14(11)12-6-7-15-13(10-12)8-9-16-15;1-13(2,3)17-12(16)15-7-6-9-8-10(14)4-5-11(9)15;9-7-1-2-8-6(5-7)3-4-10-8;1-6-4-2-3-5-7(6)8(9)10;2-1-3/h5-10,13H,11-12H2,1-4H3;2-7,10,16H,8-9H2,1H3;4-5,8H,6-7H2,1-3H3;1-2,5,10H,3-4H2;2-5,9-10H,1H3;1H2. The van der Waals surface area contributed by atoms with Gasteiger partial charge in [-0.1, -0.05) is 122 Å². The lowest BCUT2D eigenvalue weighted by Gasteiger charge is -2.24. The number of fused-ring (bicyclic) bond motifs is 4. The zero-order valence-electron chi connectivity index (χ0n) is 46.7. The first kappa shape index (κ1) is 62.4. The molecule has 4 aliphatic heterocycles. The number of nitrogens with zero attached hydrogens (tertiary/aromatic N) is 2. The Bertz CT molecular complexity index is 3180. The van der Waals surface area contributed by atoms with Crippen LogP contribution in [0.3, 0.4) is 0 Å². The van der Waals surface area contributed by atoms with Crippen LogP contribution >= 0.6 is 55.1 Å². The molecule has 0 radical (unpaired) electrons. The van der Waals surface area contributed by atoms with Crippen LogP contribution in [-0.4, -0.2) is 72.1 Å². The van der Waals surface area contributed by atoms with Crippen molar-refractivity contribution in [1.29, 1.82) is 0 Å². The number of hydrogen-bond acceptors (Lipinski definition) is 8. The van der Waals surface area contributed by atoms with Gasteiger partial charge in [-0.2, -0.15) is 0 Å². The van der Waals surface area contributed by atoms with E-state index in [2.05, 4.69) is 159 Å². The molecular formula is C64H73BBr2Cl2N4O6. The zero-order valence-corrected chi connectivity index (χ0v) is 51.4. The highest BCUT2D eigenvalue weighted by Crippen LogP contribution is 2.36. The predicted molar refractivity (Wildman–Crippen MR) is 338 cm³/mol. The number of carbonyl (C=O) groups is 2. The van der Waals surface area contributed by atoms with Gasteiger partial charge in [-0.15, -0.1) is 23.2 Å². The first-order valence-electron chi connectivity index (χ1n) is 26.5. The van der Waals surface area contributed by atoms with Gasteiger partial charge in [0.15, 0.2) is 0 Å². The number of amides is 2. The molecule has 4 N–H and O–H groups in total. The number of anilines is 4. The summed E-state index contributed by atoms with van der Waals surface area (Å²) in [5.74, 6) is 0. The van der Waals surface area contributed by atoms with Gasteiger partial charge in [0.25, 0.3) is 0 Å². The average molecular weight is 1240 g/mol. The smallest absolute Gasteiger partial charge is 0.443 e. The van der Waals surface area contributed by atoms with Crippen molar-refractivity contribution in [2.45, 2.75) is 99.2 Å². The Balaban J connectivity index is 0.000000162. The molecule has 10 nitrogen and oxygen atoms in total. The number of ether oxygens (including phenoxy) is 2. The van der Waals surface area contributed by atoms with Crippen LogP contribution in [0, 0.1) is 20.8 Å². The second kappa shape index (κ2) is 29.1. The maximum atomic E-state index is 12.3. The van der Waals surface area contributed by atoms with Crippen LogP contribution in [0.25, 0.3) is 22.3 Å². The number of rotatable bonds is 3. The van der Waals surface area contributed by atoms with E-state index in [1.54, 1.807) is 21.9 Å². The monoisotopic (exact) mass is 1230 g/mol. The summed E-state index contributed by atoms with van der Waals surface area (Å²) in [7, 11) is -1.35. The molecule has 416 valence electrons. The molecule has 0 aliphatic carbocycles. The Morgan fingerprint density at radius 3 is 1.37 bits per heavy atom. The molecule has 11 rings (SSSR count). The van der Waals surface area contributed by atoms with Crippen molar-refractivity contribution < 1.29 is 29.1 Å². The Labute approximate surface area is 495 Å². The molecular weight excluding hydrogens is 1160 g/mol. The lowest BCUT2D eigenvalue weighted by atomic mass is 9.77. The lowest BCUT2D eigenvalue weighted by Crippen LogP contribution is -2.35. The van der Waals surface area contributed by atoms with Crippen molar-refractivity contribution in [1.82, 2.24) is 0 Å². The second-order valence-electron chi connectivity index (χ2n) is 21.4. The van der Waals surface area contributed by atoms with Crippen LogP contribution in [0.4, 0.5) is 32.3 Å². The third-order valence-corrected chi connectivity index (χ3v) is 14.1. The minimum Gasteiger partial charge on any atom is -0.443 e. The van der Waals surface area contributed by atoms with Crippen LogP contribution in [0.2, 0.25) is 0 Å². The number of aryl methyl sites for hydroxylation is 3. The molecule has 4 heterocycles. The third kappa shape index (κ3) is 18.4. The third-order valence-electron chi connectivity index (χ3n) is 13.1. The second-order valence-corrected chi connectivity index (χ2v) is 24.0. The van der Waals surface area contributed by atoms with Crippen molar-refractivity contribution in [2.24, 2.45) is 0 Å². The van der Waals surface area contributed by atoms with E-state index in [9.17, 15) is 9.59 Å². The Hall–Kier alpha value is -5.80. The fourth-order valence-corrected chi connectivity index (χ4v) is 10.2. The summed E-state index contributed by atoms with van der Waals surface area (Å²) in [6, 6.07) is 49.5. The molecule has 0 fully saturated rings. The molecule has 7 aromatic carbocycles. The SMILES string of the molecule is Brc1ccc2c(c1)CCN2.CC(C)(C)OC(=O)N1CCc2cc(Br)ccc21.Cc1ccccc1-c1ccc2c(c1)CCN2.Cc1ccccc1-c1ccc2c(c1)CCN2C(=O)OC(C)(C)C.Cc1ccccc1B(O)O.ClCCl. The maximum Gasteiger partial charge on any atom is 0.488 e. The van der Waals surface area contributed by atoms with Gasteiger partial charge in [0.2, 0.25) is 0 Å². The topological polar surface area (TPSA) is 124 Å². The predicted octanol–water partition coefficient (Wildman–Crippen LogP) is 15.8. The molecule has 0 spiro atoms. The number of alkyl halides is 2. The number of hydrogen-bond donors (Lipinski definition) is 4. The van der Waals surface area contributed by atoms with Gasteiger partial charge >= 0.3 is 19.3 Å². The van der Waals surface area contributed by atoms with E-state index in [4.69, 9.17) is 42.7 Å². The minimum absolute atomic E-state index is 0.194. The summed E-state index contributed by atoms with van der Waals surface area (Å²) in [6.45, 7) is 21.0. The molecule has 0 aromatic heterocycles. The highest BCUT2D eigenvalue weighted by atomic mass is 79.9. The quantitative estimate of drug-likeness (QED) is 0.102. The lowest BCUT2D eigenvalue weighted by molar-refractivity contribution is 0.0573. The van der Waals surface area contributed by atoms with Gasteiger partial charge in [0, 0.05) is 46.5 Å². The Morgan fingerprint density at radius 1 is 0.532 bits per heavy atom. The van der Waals surface area contributed by atoms with Crippen LogP contribution in [0.5, 0.6) is 0 Å². The van der Waals surface area contributed by atoms with Crippen molar-refractivity contribution in [3.8, 4) is 22.3 Å². The fraction of sp³-hybridized carbons (Fsp3) is 0.312. The van der Waals surface area contributed by atoms with Gasteiger partial charge in [0.1, 0.15) is 11.2 Å². The number of nitrogens with one attached hydrogen (secondary N) is 2. The van der Waals surface area contributed by atoms with Crippen molar-refractivity contribution >= 4 is 103 Å². The van der Waals surface area contributed by atoms with E-state index in [-0.39, 0.29) is 17.5 Å². The largest absolute Gasteiger partial charge is 0.488 e. The fourth-order valence-electron chi connectivity index (χ4n) is 9.37. The number of halogens is 4. The van der Waals surface area contributed by atoms with Crippen LogP contribution in [0.15, 0.2) is 155 Å². The number of benzene rings is 7. The summed E-state index contributed by atoms with van der Waals surface area (Å²) in [5.41, 5.74) is 18.1. The Kier molecular flexibility index (Phi) is 23.0. The van der Waals surface area contributed by atoms with E-state index < -0.39 is 18.3 Å². The van der Waals surface area contributed by atoms with Gasteiger partial charge in [-0.3, -0.25) is 9.80 Å². The molecule has 0 saturated carbocycles. The zero-order chi connectivity index (χ0) is 57.4. The van der Waals surface area contributed by atoms with E-state index in [0.717, 1.165) is 60.2 Å². The van der Waals surface area contributed by atoms with E-state index in [1.807, 2.05) is 78.8 Å². The first-order chi connectivity index (χ1) is 37.5. The highest BCUT2D eigenvalue weighted by Gasteiger charge is 2.30. The highest BCUT2D eigenvalue weighted by molar-refractivity contribution is 9.10. The van der Waals surface area contributed by atoms with Gasteiger partial charge < -0.3 is 30.2 Å². The molecule has 0 bridgehead atoms. The summed E-state index contributed by atoms with van der Waals surface area (Å²) < 4.78 is 13.1. The Morgan fingerprint density at radius 2 is 0.911 bits per heavy atom. The van der Waals surface area contributed by atoms with E-state index in [0.29, 0.717) is 18.6 Å². The van der Waals surface area contributed by atoms with E-state index in [1.165, 1.54) is 71.5 Å². The van der Waals surface area contributed by atoms with Gasteiger partial charge in [0.05, 0.1) is 16.7 Å². The number of carbonyl (C=O) groups excluding carboxylic acids is 2. The maximum absolute atomic E-state index is 12.3. The first-order valence-corrected chi connectivity index (χ1v) is 29.2. The van der Waals surface area contributed by atoms with Crippen molar-refractivity contribution in [2.75, 3.05) is 52.0 Å². The molecule has 2 amide bonds. The summed E-state index contributed by atoms with van der Waals surface area (Å²) >= 11 is 16.4. The van der Waals surface area contributed by atoms with Crippen LogP contribution in [0.1, 0.15) is 80.5 Å². The van der Waals surface area contributed by atoms with E-state index >= 15 is 0 Å². The van der Waals surface area contributed by atoms with Gasteiger partial charge in [-0.25, -0.2) is 9.59 Å². The summed E-state index contributed by atoms with van der Waals surface area (Å²) in [5, 5.41) is 24.4. The normalized spacial score (nSPS) is 13.2. The van der Waals surface area contributed by atoms with Gasteiger partial charge in [-0.05, 0) is 210 Å².